The van der Waals surface area contributed by atoms with Gasteiger partial charge in [-0.3, -0.25) is 0 Å². The van der Waals surface area contributed by atoms with Gasteiger partial charge in [-0.2, -0.15) is 0 Å². The Morgan fingerprint density at radius 3 is 2.43 bits per heavy atom. The lowest BCUT2D eigenvalue weighted by Gasteiger charge is -1.95. The van der Waals surface area contributed by atoms with Crippen LogP contribution in [0.4, 0.5) is 8.78 Å². The molecule has 0 fully saturated rings. The van der Waals surface area contributed by atoms with E-state index in [2.05, 4.69) is 9.97 Å². The Morgan fingerprint density at radius 1 is 1.14 bits per heavy atom. The van der Waals surface area contributed by atoms with Crippen LogP contribution >= 0.6 is 0 Å². The molecule has 0 spiro atoms. The lowest BCUT2D eigenvalue weighted by molar-refractivity contribution is 0.141. The normalized spacial score (nSPS) is 10.8. The number of nitrogens with one attached hydrogen (secondary N) is 1. The fourth-order valence-electron chi connectivity index (χ4n) is 1.21. The van der Waals surface area contributed by atoms with Crippen LogP contribution in [0.1, 0.15) is 12.2 Å². The number of H-pyrrole nitrogens is 1. The summed E-state index contributed by atoms with van der Waals surface area (Å²) < 4.78 is 24.4. The van der Waals surface area contributed by atoms with Crippen LogP contribution in [0.15, 0.2) is 36.5 Å². The maximum atomic E-state index is 12.2. The zero-order chi connectivity index (χ0) is 9.97. The molecule has 2 aromatic rings. The van der Waals surface area contributed by atoms with Gasteiger partial charge >= 0.3 is 0 Å². The van der Waals surface area contributed by atoms with Crippen molar-refractivity contribution in [1.29, 1.82) is 0 Å². The smallest absolute Gasteiger partial charge is 0.295 e. The molecule has 0 aliphatic carbocycles. The lowest BCUT2D eigenvalue weighted by atomic mass is 10.2. The van der Waals surface area contributed by atoms with E-state index in [1.165, 1.54) is 6.20 Å². The van der Waals surface area contributed by atoms with Gasteiger partial charge in [0, 0.05) is 0 Å². The van der Waals surface area contributed by atoms with Crippen LogP contribution in [-0.2, 0) is 0 Å². The van der Waals surface area contributed by atoms with Crippen molar-refractivity contribution in [3.8, 4) is 11.3 Å². The number of hydrogen-bond acceptors (Lipinski definition) is 1. The van der Waals surface area contributed by atoms with Crippen molar-refractivity contribution in [2.45, 2.75) is 6.43 Å². The van der Waals surface area contributed by atoms with E-state index in [1.54, 1.807) is 0 Å². The third-order valence-electron chi connectivity index (χ3n) is 1.89. The molecule has 0 atom stereocenters. The Kier molecular flexibility index (Phi) is 2.26. The number of rotatable bonds is 2. The average molecular weight is 194 g/mol. The van der Waals surface area contributed by atoms with Crippen LogP contribution in [-0.4, -0.2) is 9.97 Å². The van der Waals surface area contributed by atoms with E-state index >= 15 is 0 Å². The van der Waals surface area contributed by atoms with Crippen molar-refractivity contribution in [2.24, 2.45) is 0 Å². The van der Waals surface area contributed by atoms with Gasteiger partial charge in [-0.15, -0.1) is 0 Å². The van der Waals surface area contributed by atoms with Crippen molar-refractivity contribution in [3.63, 3.8) is 0 Å². The molecular weight excluding hydrogens is 186 g/mol. The molecule has 0 amide bonds. The molecule has 14 heavy (non-hydrogen) atoms. The minimum absolute atomic E-state index is 0.288. The number of alkyl halides is 2. The number of aromatic amines is 1. The summed E-state index contributed by atoms with van der Waals surface area (Å²) in [7, 11) is 0. The second kappa shape index (κ2) is 3.57. The summed E-state index contributed by atoms with van der Waals surface area (Å²) in [6, 6.07) is 9.23. The fourth-order valence-corrected chi connectivity index (χ4v) is 1.21. The Hall–Kier alpha value is -1.71. The molecule has 1 aromatic carbocycles. The van der Waals surface area contributed by atoms with E-state index in [-0.39, 0.29) is 5.82 Å². The van der Waals surface area contributed by atoms with Crippen LogP contribution in [0.3, 0.4) is 0 Å². The second-order valence-electron chi connectivity index (χ2n) is 2.85. The summed E-state index contributed by atoms with van der Waals surface area (Å²) in [5, 5.41) is 0. The quantitative estimate of drug-likeness (QED) is 0.782. The van der Waals surface area contributed by atoms with Gasteiger partial charge in [-0.1, -0.05) is 30.3 Å². The first-order valence-electron chi connectivity index (χ1n) is 4.16. The monoisotopic (exact) mass is 194 g/mol. The first-order chi connectivity index (χ1) is 6.77. The van der Waals surface area contributed by atoms with Gasteiger partial charge in [0.25, 0.3) is 6.43 Å². The van der Waals surface area contributed by atoms with E-state index < -0.39 is 6.43 Å². The Labute approximate surface area is 79.6 Å². The predicted octanol–water partition coefficient (Wildman–Crippen LogP) is 3.01. The van der Waals surface area contributed by atoms with Gasteiger partial charge in [-0.25, -0.2) is 13.8 Å². The van der Waals surface area contributed by atoms with Crippen LogP contribution < -0.4 is 0 Å². The van der Waals surface area contributed by atoms with Gasteiger partial charge in [-0.05, 0) is 5.56 Å². The SMILES string of the molecule is FC(F)c1ncc(-c2ccccc2)[nH]1. The minimum Gasteiger partial charge on any atom is -0.337 e. The molecule has 0 unspecified atom stereocenters. The summed E-state index contributed by atoms with van der Waals surface area (Å²) in [5.74, 6) is -0.288. The van der Waals surface area contributed by atoms with Crippen LogP contribution in [0.5, 0.6) is 0 Å². The number of nitrogens with zero attached hydrogens (tertiary/aromatic N) is 1. The minimum atomic E-state index is -2.55. The average Bonchev–Trinajstić information content (AvgIpc) is 2.68. The topological polar surface area (TPSA) is 28.7 Å². The zero-order valence-electron chi connectivity index (χ0n) is 7.24. The highest BCUT2D eigenvalue weighted by Gasteiger charge is 2.11. The van der Waals surface area contributed by atoms with Gasteiger partial charge in [0.05, 0.1) is 11.9 Å². The highest BCUT2D eigenvalue weighted by atomic mass is 19.3. The van der Waals surface area contributed by atoms with E-state index in [1.807, 2.05) is 30.3 Å². The second-order valence-corrected chi connectivity index (χ2v) is 2.85. The Morgan fingerprint density at radius 2 is 1.86 bits per heavy atom. The summed E-state index contributed by atoms with van der Waals surface area (Å²) in [6.45, 7) is 0. The molecule has 0 radical (unpaired) electrons. The third kappa shape index (κ3) is 1.64. The lowest BCUT2D eigenvalue weighted by Crippen LogP contribution is -1.86. The molecule has 0 aliphatic rings. The Balaban J connectivity index is 2.34. The van der Waals surface area contributed by atoms with Crippen molar-refractivity contribution >= 4 is 0 Å². The van der Waals surface area contributed by atoms with Crippen LogP contribution in [0, 0.1) is 0 Å². The molecule has 4 heteroatoms. The van der Waals surface area contributed by atoms with Crippen LogP contribution in [0.25, 0.3) is 11.3 Å². The van der Waals surface area contributed by atoms with Gasteiger partial charge < -0.3 is 4.98 Å². The van der Waals surface area contributed by atoms with Crippen molar-refractivity contribution in [2.75, 3.05) is 0 Å². The van der Waals surface area contributed by atoms with E-state index in [9.17, 15) is 8.78 Å². The number of benzene rings is 1. The van der Waals surface area contributed by atoms with Gasteiger partial charge in [0.15, 0.2) is 5.82 Å². The summed E-state index contributed by atoms with van der Waals surface area (Å²) in [4.78, 5) is 6.15. The molecule has 2 rings (SSSR count). The molecule has 2 nitrogen and oxygen atoms in total. The van der Waals surface area contributed by atoms with Gasteiger partial charge in [0.2, 0.25) is 0 Å². The van der Waals surface area contributed by atoms with Crippen molar-refractivity contribution in [1.82, 2.24) is 9.97 Å². The molecule has 0 aliphatic heterocycles. The molecule has 1 N–H and O–H groups in total. The highest BCUT2D eigenvalue weighted by molar-refractivity contribution is 5.57. The molecule has 0 saturated heterocycles. The Bertz CT molecular complexity index is 409. The van der Waals surface area contributed by atoms with E-state index in [4.69, 9.17) is 0 Å². The van der Waals surface area contributed by atoms with Gasteiger partial charge in [0.1, 0.15) is 0 Å². The molecule has 0 bridgehead atoms. The standard InChI is InChI=1S/C10H8F2N2/c11-9(12)10-13-6-8(14-10)7-4-2-1-3-5-7/h1-6,9H,(H,13,14). The fraction of sp³-hybridized carbons (Fsp3) is 0.100. The number of imidazole rings is 1. The maximum Gasteiger partial charge on any atom is 0.295 e. The summed E-state index contributed by atoms with van der Waals surface area (Å²) >= 11 is 0. The number of aromatic nitrogens is 2. The predicted molar refractivity (Wildman–Crippen MR) is 49.0 cm³/mol. The van der Waals surface area contributed by atoms with Crippen molar-refractivity contribution in [3.05, 3.63) is 42.4 Å². The number of halogens is 2. The molecule has 1 heterocycles. The third-order valence-corrected chi connectivity index (χ3v) is 1.89. The molecular formula is C10H8F2N2. The van der Waals surface area contributed by atoms with E-state index in [0.717, 1.165) is 5.56 Å². The largest absolute Gasteiger partial charge is 0.337 e. The highest BCUT2D eigenvalue weighted by Crippen LogP contribution is 2.20. The summed E-state index contributed by atoms with van der Waals surface area (Å²) in [5.41, 5.74) is 1.47. The molecule has 1 aromatic heterocycles. The zero-order valence-corrected chi connectivity index (χ0v) is 7.24. The van der Waals surface area contributed by atoms with Crippen molar-refractivity contribution < 1.29 is 8.78 Å². The molecule has 0 saturated carbocycles. The first kappa shape index (κ1) is 8.87. The van der Waals surface area contributed by atoms with Crippen LogP contribution in [0.2, 0.25) is 0 Å². The maximum absolute atomic E-state index is 12.2. The first-order valence-corrected chi connectivity index (χ1v) is 4.16. The number of hydrogen-bond donors (Lipinski definition) is 1. The summed E-state index contributed by atoms with van der Waals surface area (Å²) in [6.07, 6.45) is -1.14. The van der Waals surface area contributed by atoms with E-state index in [0.29, 0.717) is 5.69 Å². The molecule has 72 valence electrons.